The lowest BCUT2D eigenvalue weighted by Crippen LogP contribution is -2.05. The third-order valence-electron chi connectivity index (χ3n) is 3.99. The maximum absolute atomic E-state index is 13.4. The number of rotatable bonds is 2. The van der Waals surface area contributed by atoms with E-state index in [1.54, 1.807) is 19.1 Å². The molecule has 0 aliphatic heterocycles. The standard InChI is InChI=1S/C16H15ClFIN2/c1-9-8-11(6-7-12(9)18)16-20-14(10-4-2-3-5-10)13(19)15(17)21-16/h6-8,10H,2-5H2,1H3. The van der Waals surface area contributed by atoms with Crippen molar-refractivity contribution < 1.29 is 4.39 Å². The third-order valence-corrected chi connectivity index (χ3v) is 5.65. The van der Waals surface area contributed by atoms with E-state index in [0.29, 0.717) is 22.5 Å². The topological polar surface area (TPSA) is 25.8 Å². The van der Waals surface area contributed by atoms with Crippen LogP contribution in [0.15, 0.2) is 18.2 Å². The van der Waals surface area contributed by atoms with Crippen molar-refractivity contribution in [3.05, 3.63) is 44.0 Å². The summed E-state index contributed by atoms with van der Waals surface area (Å²) in [6, 6.07) is 4.93. The summed E-state index contributed by atoms with van der Waals surface area (Å²) in [5, 5.41) is 0.490. The summed E-state index contributed by atoms with van der Waals surface area (Å²) >= 11 is 8.51. The molecule has 0 radical (unpaired) electrons. The predicted molar refractivity (Wildman–Crippen MR) is 91.1 cm³/mol. The summed E-state index contributed by atoms with van der Waals surface area (Å²) in [5.74, 6) is 0.842. The summed E-state index contributed by atoms with van der Waals surface area (Å²) in [5.41, 5.74) is 2.45. The summed E-state index contributed by atoms with van der Waals surface area (Å²) in [6.07, 6.45) is 4.80. The molecule has 2 aromatic rings. The highest BCUT2D eigenvalue weighted by Crippen LogP contribution is 2.37. The zero-order valence-electron chi connectivity index (χ0n) is 11.7. The van der Waals surface area contributed by atoms with E-state index in [2.05, 4.69) is 27.6 Å². The summed E-state index contributed by atoms with van der Waals surface area (Å²) in [7, 11) is 0. The Morgan fingerprint density at radius 1 is 1.24 bits per heavy atom. The van der Waals surface area contributed by atoms with Crippen LogP contribution in [0.1, 0.15) is 42.9 Å². The van der Waals surface area contributed by atoms with E-state index in [0.717, 1.165) is 27.7 Å². The Morgan fingerprint density at radius 2 is 1.95 bits per heavy atom. The normalized spacial score (nSPS) is 15.6. The van der Waals surface area contributed by atoms with Crippen molar-refractivity contribution in [3.63, 3.8) is 0 Å². The molecule has 0 saturated heterocycles. The van der Waals surface area contributed by atoms with Crippen LogP contribution in [-0.2, 0) is 0 Å². The maximum Gasteiger partial charge on any atom is 0.161 e. The number of hydrogen-bond acceptors (Lipinski definition) is 2. The summed E-state index contributed by atoms with van der Waals surface area (Å²) in [4.78, 5) is 9.10. The second-order valence-electron chi connectivity index (χ2n) is 5.48. The van der Waals surface area contributed by atoms with Gasteiger partial charge in [-0.1, -0.05) is 24.4 Å². The van der Waals surface area contributed by atoms with Gasteiger partial charge in [0, 0.05) is 11.5 Å². The molecule has 0 N–H and O–H groups in total. The lowest BCUT2D eigenvalue weighted by molar-refractivity contribution is 0.618. The van der Waals surface area contributed by atoms with Crippen molar-refractivity contribution in [3.8, 4) is 11.4 Å². The fourth-order valence-corrected chi connectivity index (χ4v) is 3.68. The van der Waals surface area contributed by atoms with Gasteiger partial charge in [-0.2, -0.15) is 0 Å². The predicted octanol–water partition coefficient (Wildman–Crippen LogP) is 5.51. The van der Waals surface area contributed by atoms with E-state index >= 15 is 0 Å². The molecule has 0 atom stereocenters. The number of halogens is 3. The molecule has 1 aliphatic carbocycles. The molecule has 1 heterocycles. The minimum absolute atomic E-state index is 0.216. The van der Waals surface area contributed by atoms with Crippen LogP contribution in [0.25, 0.3) is 11.4 Å². The molecule has 0 unspecified atom stereocenters. The van der Waals surface area contributed by atoms with Gasteiger partial charge in [-0.25, -0.2) is 14.4 Å². The van der Waals surface area contributed by atoms with Crippen LogP contribution in [0.4, 0.5) is 4.39 Å². The van der Waals surface area contributed by atoms with Gasteiger partial charge in [0.05, 0.1) is 9.26 Å². The van der Waals surface area contributed by atoms with Gasteiger partial charge in [-0.3, -0.25) is 0 Å². The molecular formula is C16H15ClFIN2. The molecule has 110 valence electrons. The third kappa shape index (κ3) is 3.06. The Hall–Kier alpha value is -0.750. The first-order valence-electron chi connectivity index (χ1n) is 7.05. The van der Waals surface area contributed by atoms with E-state index in [9.17, 15) is 4.39 Å². The lowest BCUT2D eigenvalue weighted by atomic mass is 10.0. The van der Waals surface area contributed by atoms with E-state index in [1.165, 1.54) is 18.9 Å². The van der Waals surface area contributed by atoms with Crippen LogP contribution in [0.3, 0.4) is 0 Å². The second-order valence-corrected chi connectivity index (χ2v) is 6.92. The Balaban J connectivity index is 2.08. The van der Waals surface area contributed by atoms with Crippen LogP contribution >= 0.6 is 34.2 Å². The van der Waals surface area contributed by atoms with Crippen LogP contribution in [0, 0.1) is 16.3 Å². The first-order chi connectivity index (χ1) is 10.1. The fraction of sp³-hybridized carbons (Fsp3) is 0.375. The van der Waals surface area contributed by atoms with Crippen molar-refractivity contribution in [2.45, 2.75) is 38.5 Å². The van der Waals surface area contributed by atoms with Gasteiger partial charge in [0.1, 0.15) is 11.0 Å². The smallest absolute Gasteiger partial charge is 0.161 e. The Morgan fingerprint density at radius 3 is 2.62 bits per heavy atom. The molecular weight excluding hydrogens is 402 g/mol. The van der Waals surface area contributed by atoms with Crippen molar-refractivity contribution >= 4 is 34.2 Å². The number of benzene rings is 1. The molecule has 3 rings (SSSR count). The molecule has 1 aromatic heterocycles. The molecule has 5 heteroatoms. The van der Waals surface area contributed by atoms with Crippen LogP contribution in [0.5, 0.6) is 0 Å². The van der Waals surface area contributed by atoms with E-state index in [1.807, 2.05) is 0 Å². The van der Waals surface area contributed by atoms with Gasteiger partial charge in [0.25, 0.3) is 0 Å². The average molecular weight is 417 g/mol. The first kappa shape index (κ1) is 15.2. The van der Waals surface area contributed by atoms with Crippen molar-refractivity contribution in [2.75, 3.05) is 0 Å². The number of hydrogen-bond donors (Lipinski definition) is 0. The molecule has 1 fully saturated rings. The van der Waals surface area contributed by atoms with E-state index < -0.39 is 0 Å². The molecule has 21 heavy (non-hydrogen) atoms. The van der Waals surface area contributed by atoms with Crippen molar-refractivity contribution in [2.24, 2.45) is 0 Å². The SMILES string of the molecule is Cc1cc(-c2nc(Cl)c(I)c(C3CCCC3)n2)ccc1F. The minimum Gasteiger partial charge on any atom is -0.232 e. The van der Waals surface area contributed by atoms with Gasteiger partial charge in [-0.05, 0) is 66.1 Å². The Labute approximate surface area is 142 Å². The number of nitrogens with zero attached hydrogens (tertiary/aromatic N) is 2. The molecule has 2 nitrogen and oxygen atoms in total. The van der Waals surface area contributed by atoms with Gasteiger partial charge in [0.15, 0.2) is 5.82 Å². The highest BCUT2D eigenvalue weighted by atomic mass is 127. The molecule has 1 aromatic carbocycles. The molecule has 0 amide bonds. The highest BCUT2D eigenvalue weighted by molar-refractivity contribution is 14.1. The molecule has 1 saturated carbocycles. The second kappa shape index (κ2) is 6.16. The maximum atomic E-state index is 13.4. The molecule has 0 spiro atoms. The van der Waals surface area contributed by atoms with Crippen molar-refractivity contribution in [1.82, 2.24) is 9.97 Å². The number of aryl methyl sites for hydroxylation is 1. The molecule has 1 aliphatic rings. The summed E-state index contributed by atoms with van der Waals surface area (Å²) < 4.78 is 14.4. The Kier molecular flexibility index (Phi) is 4.45. The van der Waals surface area contributed by atoms with E-state index in [-0.39, 0.29) is 5.82 Å². The van der Waals surface area contributed by atoms with Gasteiger partial charge in [0.2, 0.25) is 0 Å². The average Bonchev–Trinajstić information content (AvgIpc) is 2.98. The largest absolute Gasteiger partial charge is 0.232 e. The van der Waals surface area contributed by atoms with E-state index in [4.69, 9.17) is 16.6 Å². The monoisotopic (exact) mass is 416 g/mol. The number of aromatic nitrogens is 2. The zero-order chi connectivity index (χ0) is 15.0. The Bertz CT molecular complexity index is 684. The van der Waals surface area contributed by atoms with Gasteiger partial charge >= 0.3 is 0 Å². The van der Waals surface area contributed by atoms with Gasteiger partial charge < -0.3 is 0 Å². The van der Waals surface area contributed by atoms with Gasteiger partial charge in [-0.15, -0.1) is 0 Å². The van der Waals surface area contributed by atoms with Crippen LogP contribution < -0.4 is 0 Å². The van der Waals surface area contributed by atoms with Crippen LogP contribution in [0.2, 0.25) is 5.15 Å². The minimum atomic E-state index is -0.216. The molecule has 0 bridgehead atoms. The highest BCUT2D eigenvalue weighted by Gasteiger charge is 2.23. The lowest BCUT2D eigenvalue weighted by Gasteiger charge is -2.13. The van der Waals surface area contributed by atoms with Crippen LogP contribution in [-0.4, -0.2) is 9.97 Å². The zero-order valence-corrected chi connectivity index (χ0v) is 14.6. The quantitative estimate of drug-likeness (QED) is 0.477. The first-order valence-corrected chi connectivity index (χ1v) is 8.51. The fourth-order valence-electron chi connectivity index (χ4n) is 2.82. The van der Waals surface area contributed by atoms with Crippen molar-refractivity contribution in [1.29, 1.82) is 0 Å². The summed E-state index contributed by atoms with van der Waals surface area (Å²) in [6.45, 7) is 1.74.